The molecule has 17 heavy (non-hydrogen) atoms. The predicted molar refractivity (Wildman–Crippen MR) is 70.6 cm³/mol. The number of rotatable bonds is 3. The van der Waals surface area contributed by atoms with Crippen LogP contribution in [0.15, 0.2) is 42.6 Å². The Kier molecular flexibility index (Phi) is 3.28. The maximum Gasteiger partial charge on any atom is 0.119 e. The summed E-state index contributed by atoms with van der Waals surface area (Å²) in [6, 6.07) is 12.0. The lowest BCUT2D eigenvalue weighted by Gasteiger charge is -2.13. The quantitative estimate of drug-likeness (QED) is 0.807. The Morgan fingerprint density at radius 1 is 1.12 bits per heavy atom. The highest BCUT2D eigenvalue weighted by atomic mass is 16.5. The van der Waals surface area contributed by atoms with Crippen molar-refractivity contribution in [1.29, 1.82) is 0 Å². The van der Waals surface area contributed by atoms with E-state index in [0.29, 0.717) is 0 Å². The molecule has 0 unspecified atom stereocenters. The Morgan fingerprint density at radius 3 is 2.65 bits per heavy atom. The topological polar surface area (TPSA) is 25.4 Å². The third-order valence-corrected chi connectivity index (χ3v) is 2.63. The summed E-state index contributed by atoms with van der Waals surface area (Å²) in [5, 5.41) is 0. The van der Waals surface area contributed by atoms with E-state index in [9.17, 15) is 0 Å². The monoisotopic (exact) mass is 228 g/mol. The maximum absolute atomic E-state index is 5.22. The molecular formula is C14H16N2O. The van der Waals surface area contributed by atoms with Gasteiger partial charge in [-0.1, -0.05) is 12.1 Å². The van der Waals surface area contributed by atoms with Gasteiger partial charge in [0.15, 0.2) is 0 Å². The molecule has 1 heterocycles. The number of benzene rings is 1. The van der Waals surface area contributed by atoms with E-state index in [4.69, 9.17) is 4.74 Å². The molecule has 0 fully saturated rings. The lowest BCUT2D eigenvalue weighted by atomic mass is 10.1. The van der Waals surface area contributed by atoms with Crippen molar-refractivity contribution >= 4 is 5.69 Å². The van der Waals surface area contributed by atoms with E-state index in [1.54, 1.807) is 7.11 Å². The number of pyridine rings is 1. The first-order valence-electron chi connectivity index (χ1n) is 5.48. The summed E-state index contributed by atoms with van der Waals surface area (Å²) in [6.45, 7) is 0. The van der Waals surface area contributed by atoms with Gasteiger partial charge in [0.05, 0.1) is 12.8 Å². The molecular weight excluding hydrogens is 212 g/mol. The van der Waals surface area contributed by atoms with Gasteiger partial charge < -0.3 is 9.64 Å². The number of aromatic nitrogens is 1. The van der Waals surface area contributed by atoms with Crippen LogP contribution in [0.5, 0.6) is 5.75 Å². The van der Waals surface area contributed by atoms with Gasteiger partial charge >= 0.3 is 0 Å². The largest absolute Gasteiger partial charge is 0.497 e. The molecule has 0 atom stereocenters. The maximum atomic E-state index is 5.22. The van der Waals surface area contributed by atoms with Crippen molar-refractivity contribution in [3.8, 4) is 17.0 Å². The number of hydrogen-bond acceptors (Lipinski definition) is 3. The Balaban J connectivity index is 2.41. The van der Waals surface area contributed by atoms with E-state index in [2.05, 4.69) is 16.0 Å². The molecule has 0 aliphatic rings. The molecule has 0 N–H and O–H groups in total. The van der Waals surface area contributed by atoms with Gasteiger partial charge in [-0.15, -0.1) is 0 Å². The highest BCUT2D eigenvalue weighted by molar-refractivity contribution is 5.65. The zero-order valence-corrected chi connectivity index (χ0v) is 10.3. The molecule has 2 aromatic rings. The minimum absolute atomic E-state index is 0.847. The Labute approximate surface area is 102 Å². The van der Waals surface area contributed by atoms with Gasteiger partial charge in [-0.25, -0.2) is 0 Å². The predicted octanol–water partition coefficient (Wildman–Crippen LogP) is 2.82. The van der Waals surface area contributed by atoms with Crippen LogP contribution in [0.2, 0.25) is 0 Å². The van der Waals surface area contributed by atoms with Crippen LogP contribution in [0.3, 0.4) is 0 Å². The average molecular weight is 228 g/mol. The highest BCUT2D eigenvalue weighted by Crippen LogP contribution is 2.24. The van der Waals surface area contributed by atoms with Crippen molar-refractivity contribution in [1.82, 2.24) is 4.98 Å². The molecule has 0 aliphatic heterocycles. The second-order valence-electron chi connectivity index (χ2n) is 4.03. The number of anilines is 1. The van der Waals surface area contributed by atoms with Crippen molar-refractivity contribution in [3.05, 3.63) is 42.6 Å². The minimum Gasteiger partial charge on any atom is -0.497 e. The molecule has 0 spiro atoms. The van der Waals surface area contributed by atoms with Crippen molar-refractivity contribution in [2.75, 3.05) is 26.1 Å². The van der Waals surface area contributed by atoms with Gasteiger partial charge in [-0.05, 0) is 24.3 Å². The van der Waals surface area contributed by atoms with Gasteiger partial charge in [0.25, 0.3) is 0 Å². The molecule has 0 radical (unpaired) electrons. The van der Waals surface area contributed by atoms with E-state index in [-0.39, 0.29) is 0 Å². The molecule has 1 aromatic carbocycles. The van der Waals surface area contributed by atoms with Crippen LogP contribution in [-0.4, -0.2) is 26.2 Å². The van der Waals surface area contributed by atoms with E-state index in [0.717, 1.165) is 22.7 Å². The van der Waals surface area contributed by atoms with Crippen molar-refractivity contribution in [3.63, 3.8) is 0 Å². The van der Waals surface area contributed by atoms with Crippen molar-refractivity contribution in [2.24, 2.45) is 0 Å². The zero-order chi connectivity index (χ0) is 12.3. The third-order valence-electron chi connectivity index (χ3n) is 2.63. The molecule has 0 bridgehead atoms. The number of ether oxygens (including phenoxy) is 1. The first kappa shape index (κ1) is 11.5. The molecule has 0 saturated heterocycles. The fourth-order valence-corrected chi connectivity index (χ4v) is 1.64. The standard InChI is InChI=1S/C14H16N2O/c1-16(2)12-7-8-15-14(10-12)11-5-4-6-13(9-11)17-3/h4-10H,1-3H3. The average Bonchev–Trinajstić information content (AvgIpc) is 2.39. The van der Waals surface area contributed by atoms with Crippen LogP contribution in [0.1, 0.15) is 0 Å². The number of nitrogens with zero attached hydrogens (tertiary/aromatic N) is 2. The Hall–Kier alpha value is -2.03. The van der Waals surface area contributed by atoms with Gasteiger partial charge in [0.2, 0.25) is 0 Å². The van der Waals surface area contributed by atoms with Crippen LogP contribution >= 0.6 is 0 Å². The third kappa shape index (κ3) is 2.56. The van der Waals surface area contributed by atoms with Crippen LogP contribution in [0.4, 0.5) is 5.69 Å². The van der Waals surface area contributed by atoms with E-state index in [1.165, 1.54) is 0 Å². The summed E-state index contributed by atoms with van der Waals surface area (Å²) in [5.41, 5.74) is 3.15. The summed E-state index contributed by atoms with van der Waals surface area (Å²) in [7, 11) is 5.71. The fraction of sp³-hybridized carbons (Fsp3) is 0.214. The molecule has 3 nitrogen and oxygen atoms in total. The summed E-state index contributed by atoms with van der Waals surface area (Å²) >= 11 is 0. The molecule has 0 aliphatic carbocycles. The molecule has 0 saturated carbocycles. The van der Waals surface area contributed by atoms with Gasteiger partial charge in [-0.2, -0.15) is 0 Å². The first-order valence-corrected chi connectivity index (χ1v) is 5.48. The Bertz CT molecular complexity index is 509. The van der Waals surface area contributed by atoms with E-state index in [1.807, 2.05) is 50.6 Å². The SMILES string of the molecule is COc1cccc(-c2cc(N(C)C)ccn2)c1. The van der Waals surface area contributed by atoms with Crippen LogP contribution in [-0.2, 0) is 0 Å². The minimum atomic E-state index is 0.847. The second-order valence-corrected chi connectivity index (χ2v) is 4.03. The van der Waals surface area contributed by atoms with Gasteiger partial charge in [0.1, 0.15) is 5.75 Å². The zero-order valence-electron chi connectivity index (χ0n) is 10.3. The smallest absolute Gasteiger partial charge is 0.119 e. The summed E-state index contributed by atoms with van der Waals surface area (Å²) < 4.78 is 5.22. The lowest BCUT2D eigenvalue weighted by molar-refractivity contribution is 0.415. The number of methoxy groups -OCH3 is 1. The van der Waals surface area contributed by atoms with Gasteiger partial charge in [0, 0.05) is 31.5 Å². The van der Waals surface area contributed by atoms with Crippen LogP contribution in [0.25, 0.3) is 11.3 Å². The molecule has 2 rings (SSSR count). The normalized spacial score (nSPS) is 10.1. The molecule has 0 amide bonds. The summed E-state index contributed by atoms with van der Waals surface area (Å²) in [4.78, 5) is 6.45. The summed E-state index contributed by atoms with van der Waals surface area (Å²) in [5.74, 6) is 0.847. The van der Waals surface area contributed by atoms with E-state index < -0.39 is 0 Å². The molecule has 1 aromatic heterocycles. The fourth-order valence-electron chi connectivity index (χ4n) is 1.64. The summed E-state index contributed by atoms with van der Waals surface area (Å²) in [6.07, 6.45) is 1.82. The van der Waals surface area contributed by atoms with Gasteiger partial charge in [-0.3, -0.25) is 4.98 Å². The van der Waals surface area contributed by atoms with E-state index >= 15 is 0 Å². The first-order chi connectivity index (χ1) is 8.20. The van der Waals surface area contributed by atoms with Crippen LogP contribution in [0, 0.1) is 0 Å². The van der Waals surface area contributed by atoms with Crippen LogP contribution < -0.4 is 9.64 Å². The Morgan fingerprint density at radius 2 is 1.94 bits per heavy atom. The highest BCUT2D eigenvalue weighted by Gasteiger charge is 2.03. The van der Waals surface area contributed by atoms with Crippen molar-refractivity contribution < 1.29 is 4.74 Å². The second kappa shape index (κ2) is 4.87. The van der Waals surface area contributed by atoms with Crippen molar-refractivity contribution in [2.45, 2.75) is 0 Å². The molecule has 88 valence electrons. The lowest BCUT2D eigenvalue weighted by Crippen LogP contribution is -2.08. The number of hydrogen-bond donors (Lipinski definition) is 0. The molecule has 3 heteroatoms.